The number of amides is 1. The van der Waals surface area contributed by atoms with Crippen molar-refractivity contribution in [2.75, 3.05) is 11.9 Å². The van der Waals surface area contributed by atoms with Crippen LogP contribution in [0.2, 0.25) is 0 Å². The van der Waals surface area contributed by atoms with Crippen molar-refractivity contribution in [3.63, 3.8) is 0 Å². The van der Waals surface area contributed by atoms with Crippen LogP contribution < -0.4 is 0 Å². The third kappa shape index (κ3) is 3.37. The number of hydrogen-bond donors (Lipinski definition) is 0. The van der Waals surface area contributed by atoms with Crippen LogP contribution in [0, 0.1) is 5.82 Å². The molecule has 1 fully saturated rings. The van der Waals surface area contributed by atoms with Gasteiger partial charge in [0.05, 0.1) is 5.56 Å². The number of carbonyl (C=O) groups is 1. The standard InChI is InChI=1S/C14H16Br2FNO/c15-9-10-5-2-1-3-8-18(10)14(19)13-11(16)6-4-7-12(13)17/h4,6-7,10H,1-3,5,8-9H2. The maximum absolute atomic E-state index is 13.9. The fraction of sp³-hybridized carbons (Fsp3) is 0.500. The van der Waals surface area contributed by atoms with Crippen LogP contribution in [0.15, 0.2) is 22.7 Å². The highest BCUT2D eigenvalue weighted by atomic mass is 79.9. The Labute approximate surface area is 129 Å². The summed E-state index contributed by atoms with van der Waals surface area (Å²) in [7, 11) is 0. The Morgan fingerprint density at radius 1 is 1.37 bits per heavy atom. The van der Waals surface area contributed by atoms with Gasteiger partial charge in [0.15, 0.2) is 0 Å². The van der Waals surface area contributed by atoms with Crippen LogP contribution in [0.3, 0.4) is 0 Å². The van der Waals surface area contributed by atoms with Gasteiger partial charge in [0, 0.05) is 22.4 Å². The Bertz CT molecular complexity index is 447. The molecule has 5 heteroatoms. The van der Waals surface area contributed by atoms with Crippen LogP contribution in [-0.2, 0) is 0 Å². The molecule has 0 N–H and O–H groups in total. The molecule has 19 heavy (non-hydrogen) atoms. The van der Waals surface area contributed by atoms with Crippen LogP contribution in [0.25, 0.3) is 0 Å². The predicted molar refractivity (Wildman–Crippen MR) is 81.2 cm³/mol. The number of benzene rings is 1. The summed E-state index contributed by atoms with van der Waals surface area (Å²) in [6.07, 6.45) is 4.22. The van der Waals surface area contributed by atoms with Gasteiger partial charge in [0.1, 0.15) is 5.82 Å². The van der Waals surface area contributed by atoms with Gasteiger partial charge < -0.3 is 4.90 Å². The summed E-state index contributed by atoms with van der Waals surface area (Å²) in [5.41, 5.74) is 0.148. The maximum atomic E-state index is 13.9. The Morgan fingerprint density at radius 2 is 2.16 bits per heavy atom. The summed E-state index contributed by atoms with van der Waals surface area (Å²) in [5.74, 6) is -0.673. The molecule has 0 radical (unpaired) electrons. The van der Waals surface area contributed by atoms with E-state index in [2.05, 4.69) is 31.9 Å². The molecule has 1 aliphatic heterocycles. The lowest BCUT2D eigenvalue weighted by Gasteiger charge is -2.29. The summed E-state index contributed by atoms with van der Waals surface area (Å²) < 4.78 is 14.4. The van der Waals surface area contributed by atoms with Gasteiger partial charge in [-0.2, -0.15) is 0 Å². The molecule has 1 heterocycles. The molecule has 2 nitrogen and oxygen atoms in total. The minimum absolute atomic E-state index is 0.148. The third-order valence-corrected chi connectivity index (χ3v) is 4.90. The van der Waals surface area contributed by atoms with Crippen LogP contribution >= 0.6 is 31.9 Å². The Balaban J connectivity index is 2.30. The lowest BCUT2D eigenvalue weighted by atomic mass is 10.1. The van der Waals surface area contributed by atoms with Gasteiger partial charge in [-0.25, -0.2) is 4.39 Å². The molecule has 0 aliphatic carbocycles. The first kappa shape index (κ1) is 15.0. The Morgan fingerprint density at radius 3 is 2.84 bits per heavy atom. The monoisotopic (exact) mass is 391 g/mol. The number of hydrogen-bond acceptors (Lipinski definition) is 1. The molecule has 1 saturated heterocycles. The minimum atomic E-state index is -0.461. The molecular weight excluding hydrogens is 377 g/mol. The van der Waals surface area contributed by atoms with Crippen LogP contribution in [0.1, 0.15) is 36.0 Å². The van der Waals surface area contributed by atoms with E-state index in [0.29, 0.717) is 11.0 Å². The summed E-state index contributed by atoms with van der Waals surface area (Å²) in [5, 5.41) is 0.741. The van der Waals surface area contributed by atoms with E-state index in [4.69, 9.17) is 0 Å². The van der Waals surface area contributed by atoms with Crippen molar-refractivity contribution in [1.82, 2.24) is 4.90 Å². The average Bonchev–Trinajstić information content (AvgIpc) is 2.63. The summed E-state index contributed by atoms with van der Waals surface area (Å²) in [4.78, 5) is 14.4. The zero-order valence-corrected chi connectivity index (χ0v) is 13.7. The molecule has 1 unspecified atom stereocenters. The van der Waals surface area contributed by atoms with E-state index in [0.717, 1.165) is 31.0 Å². The number of carbonyl (C=O) groups excluding carboxylic acids is 1. The van der Waals surface area contributed by atoms with Crippen molar-refractivity contribution in [1.29, 1.82) is 0 Å². The molecule has 2 rings (SSSR count). The van der Waals surface area contributed by atoms with E-state index in [1.165, 1.54) is 6.07 Å². The van der Waals surface area contributed by atoms with Gasteiger partial charge in [-0.3, -0.25) is 4.79 Å². The predicted octanol–water partition coefficient (Wildman–Crippen LogP) is 4.37. The van der Waals surface area contributed by atoms with Gasteiger partial charge in [0.25, 0.3) is 5.91 Å². The molecule has 0 spiro atoms. The largest absolute Gasteiger partial charge is 0.335 e. The van der Waals surface area contributed by atoms with Crippen LogP contribution in [0.4, 0.5) is 4.39 Å². The summed E-state index contributed by atoms with van der Waals surface area (Å²) >= 11 is 6.74. The highest BCUT2D eigenvalue weighted by Crippen LogP contribution is 2.25. The fourth-order valence-corrected chi connectivity index (χ4v) is 3.64. The Hall–Kier alpha value is -0.420. The molecule has 1 aromatic carbocycles. The summed E-state index contributed by atoms with van der Waals surface area (Å²) in [6.45, 7) is 0.704. The molecular formula is C14H16Br2FNO. The normalized spacial score (nSPS) is 20.2. The van der Waals surface area contributed by atoms with Gasteiger partial charge >= 0.3 is 0 Å². The Kier molecular flexibility index (Phi) is 5.39. The lowest BCUT2D eigenvalue weighted by molar-refractivity contribution is 0.0696. The zero-order chi connectivity index (χ0) is 13.8. The number of nitrogens with zero attached hydrogens (tertiary/aromatic N) is 1. The zero-order valence-electron chi connectivity index (χ0n) is 10.5. The first-order valence-corrected chi connectivity index (χ1v) is 8.37. The molecule has 0 bridgehead atoms. The van der Waals surface area contributed by atoms with Crippen molar-refractivity contribution < 1.29 is 9.18 Å². The second-order valence-corrected chi connectivity index (χ2v) is 6.25. The number of rotatable bonds is 2. The first-order chi connectivity index (χ1) is 9.15. The van der Waals surface area contributed by atoms with Crippen LogP contribution in [0.5, 0.6) is 0 Å². The van der Waals surface area contributed by atoms with Crippen molar-refractivity contribution in [2.45, 2.75) is 31.7 Å². The number of alkyl halides is 1. The van der Waals surface area contributed by atoms with Gasteiger partial charge in [-0.1, -0.05) is 34.8 Å². The first-order valence-electron chi connectivity index (χ1n) is 6.46. The van der Waals surface area contributed by atoms with Crippen molar-refractivity contribution in [3.05, 3.63) is 34.1 Å². The van der Waals surface area contributed by atoms with E-state index < -0.39 is 5.82 Å². The smallest absolute Gasteiger partial charge is 0.258 e. The maximum Gasteiger partial charge on any atom is 0.258 e. The van der Waals surface area contributed by atoms with Gasteiger partial charge in [-0.05, 0) is 40.9 Å². The third-order valence-electron chi connectivity index (χ3n) is 3.49. The van der Waals surface area contributed by atoms with E-state index in [9.17, 15) is 9.18 Å². The van der Waals surface area contributed by atoms with Crippen molar-refractivity contribution in [3.8, 4) is 0 Å². The van der Waals surface area contributed by atoms with Gasteiger partial charge in [0.2, 0.25) is 0 Å². The molecule has 1 amide bonds. The fourth-order valence-electron chi connectivity index (χ4n) is 2.45. The second kappa shape index (κ2) is 6.84. The van der Waals surface area contributed by atoms with Crippen LogP contribution in [-0.4, -0.2) is 28.7 Å². The molecule has 1 aromatic rings. The van der Waals surface area contributed by atoms with Crippen molar-refractivity contribution >= 4 is 37.8 Å². The molecule has 0 aromatic heterocycles. The SMILES string of the molecule is O=C(c1c(F)cccc1Br)N1CCCCCC1CBr. The molecule has 104 valence electrons. The van der Waals surface area contributed by atoms with E-state index in [1.807, 2.05) is 4.90 Å². The highest BCUT2D eigenvalue weighted by Gasteiger charge is 2.28. The highest BCUT2D eigenvalue weighted by molar-refractivity contribution is 9.10. The topological polar surface area (TPSA) is 20.3 Å². The molecule has 1 atom stereocenters. The van der Waals surface area contributed by atoms with E-state index in [1.54, 1.807) is 12.1 Å². The molecule has 1 aliphatic rings. The quantitative estimate of drug-likeness (QED) is 0.684. The lowest BCUT2D eigenvalue weighted by Crippen LogP contribution is -2.41. The molecule has 0 saturated carbocycles. The van der Waals surface area contributed by atoms with Crippen molar-refractivity contribution in [2.24, 2.45) is 0 Å². The second-order valence-electron chi connectivity index (χ2n) is 4.75. The number of likely N-dealkylation sites (tertiary alicyclic amines) is 1. The van der Waals surface area contributed by atoms with E-state index >= 15 is 0 Å². The minimum Gasteiger partial charge on any atom is -0.335 e. The number of halogens is 3. The summed E-state index contributed by atoms with van der Waals surface area (Å²) in [6, 6.07) is 4.79. The van der Waals surface area contributed by atoms with E-state index in [-0.39, 0.29) is 17.5 Å². The van der Waals surface area contributed by atoms with Gasteiger partial charge in [-0.15, -0.1) is 0 Å². The average molecular weight is 393 g/mol.